The lowest BCUT2D eigenvalue weighted by atomic mass is 9.91. The minimum absolute atomic E-state index is 0.109. The van der Waals surface area contributed by atoms with Gasteiger partial charge >= 0.3 is 18.3 Å². The Morgan fingerprint density at radius 1 is 1.00 bits per heavy atom. The number of rotatable bonds is 4. The summed E-state index contributed by atoms with van der Waals surface area (Å²) in [6, 6.07) is 7.59. The van der Waals surface area contributed by atoms with E-state index in [-0.39, 0.29) is 30.0 Å². The van der Waals surface area contributed by atoms with Crippen molar-refractivity contribution in [3.8, 4) is 0 Å². The molecular weight excluding hydrogens is 444 g/mol. The predicted molar refractivity (Wildman–Crippen MR) is 99.7 cm³/mol. The first-order chi connectivity index (χ1) is 14.8. The number of hydrogen-bond acceptors (Lipinski definition) is 4. The fraction of sp³-hybridized carbons (Fsp3) is 0.333. The molecule has 11 heteroatoms. The van der Waals surface area contributed by atoms with Crippen molar-refractivity contribution in [3.63, 3.8) is 0 Å². The summed E-state index contributed by atoms with van der Waals surface area (Å²) in [5.41, 5.74) is -4.72. The van der Waals surface area contributed by atoms with Crippen LogP contribution in [0.2, 0.25) is 0 Å². The zero-order chi connectivity index (χ0) is 23.9. The Bertz CT molecular complexity index is 1020. The van der Waals surface area contributed by atoms with Crippen LogP contribution < -0.4 is 4.90 Å². The van der Waals surface area contributed by atoms with Crippen molar-refractivity contribution < 1.29 is 45.8 Å². The monoisotopic (exact) mass is 461 g/mol. The highest BCUT2D eigenvalue weighted by atomic mass is 19.4. The molecular formula is C21H17F6NO4. The number of hydrogen-bond donors (Lipinski definition) is 1. The Morgan fingerprint density at radius 3 is 2.12 bits per heavy atom. The maximum Gasteiger partial charge on any atom is 0.430 e. The first-order valence-electron chi connectivity index (χ1n) is 9.26. The van der Waals surface area contributed by atoms with Gasteiger partial charge in [-0.1, -0.05) is 24.3 Å². The number of esters is 1. The van der Waals surface area contributed by atoms with Crippen LogP contribution in [0, 0.1) is 0 Å². The summed E-state index contributed by atoms with van der Waals surface area (Å²) < 4.78 is 82.9. The highest BCUT2D eigenvalue weighted by molar-refractivity contribution is 5.98. The number of aliphatic hydroxyl groups is 1. The molecule has 0 radical (unpaired) electrons. The molecule has 0 fully saturated rings. The highest BCUT2D eigenvalue weighted by Crippen LogP contribution is 2.50. The Labute approximate surface area is 178 Å². The molecule has 1 heterocycles. The number of aryl methyl sites for hydroxylation is 1. The average Bonchev–Trinajstić information content (AvgIpc) is 2.73. The molecule has 172 valence electrons. The SMILES string of the molecule is COC(=O)c1ccc2c(c1)CCC(=O)N2Cc1ccc(C(O)(C(F)(F)F)C(F)(F)F)cc1. The third kappa shape index (κ3) is 4.04. The van der Waals surface area contributed by atoms with Crippen molar-refractivity contribution in [2.24, 2.45) is 0 Å². The Hall–Kier alpha value is -3.08. The van der Waals surface area contributed by atoms with Gasteiger partial charge in [0.05, 0.1) is 19.2 Å². The lowest BCUT2D eigenvalue weighted by molar-refractivity contribution is -0.376. The Kier molecular flexibility index (Phi) is 5.98. The number of carbonyl (C=O) groups excluding carboxylic acids is 2. The zero-order valence-corrected chi connectivity index (χ0v) is 16.5. The molecule has 1 amide bonds. The van der Waals surface area contributed by atoms with Crippen LogP contribution in [0.4, 0.5) is 32.0 Å². The van der Waals surface area contributed by atoms with Crippen molar-refractivity contribution in [3.05, 3.63) is 64.7 Å². The molecule has 3 rings (SSSR count). The van der Waals surface area contributed by atoms with E-state index in [0.717, 1.165) is 12.1 Å². The summed E-state index contributed by atoms with van der Waals surface area (Å²) in [7, 11) is 1.22. The summed E-state index contributed by atoms with van der Waals surface area (Å²) in [6.07, 6.45) is -11.5. The van der Waals surface area contributed by atoms with Gasteiger partial charge in [0.1, 0.15) is 0 Å². The smallest absolute Gasteiger partial charge is 0.430 e. The normalized spacial score (nSPS) is 14.9. The minimum atomic E-state index is -5.98. The van der Waals surface area contributed by atoms with Gasteiger partial charge in [0.2, 0.25) is 5.91 Å². The fourth-order valence-electron chi connectivity index (χ4n) is 3.50. The molecule has 0 aliphatic carbocycles. The standard InChI is InChI=1S/C21H17F6NO4/c1-32-18(30)14-4-8-16-13(10-14)5-9-17(29)28(16)11-12-2-6-15(7-3-12)19(31,20(22,23)24)21(25,26)27/h2-4,6-8,10,31H,5,9,11H2,1H3. The summed E-state index contributed by atoms with van der Waals surface area (Å²) in [5.74, 6) is -0.858. The van der Waals surface area contributed by atoms with Crippen LogP contribution in [0.1, 0.15) is 33.5 Å². The molecule has 0 atom stereocenters. The van der Waals surface area contributed by atoms with Crippen LogP contribution >= 0.6 is 0 Å². The predicted octanol–water partition coefficient (Wildman–Crippen LogP) is 4.26. The number of amides is 1. The second-order valence-corrected chi connectivity index (χ2v) is 7.22. The number of carbonyl (C=O) groups is 2. The van der Waals surface area contributed by atoms with E-state index in [9.17, 15) is 41.0 Å². The number of benzene rings is 2. The quantitative estimate of drug-likeness (QED) is 0.546. The zero-order valence-electron chi connectivity index (χ0n) is 16.5. The van der Waals surface area contributed by atoms with Gasteiger partial charge in [-0.3, -0.25) is 4.79 Å². The molecule has 1 aliphatic heterocycles. The van der Waals surface area contributed by atoms with Gasteiger partial charge in [0.25, 0.3) is 5.60 Å². The average molecular weight is 461 g/mol. The Morgan fingerprint density at radius 2 is 1.59 bits per heavy atom. The largest absolute Gasteiger partial charge is 0.465 e. The number of halogens is 6. The number of ether oxygens (including phenoxy) is 1. The second kappa shape index (κ2) is 8.12. The summed E-state index contributed by atoms with van der Waals surface area (Å²) in [5, 5.41) is 9.48. The fourth-order valence-corrected chi connectivity index (χ4v) is 3.50. The summed E-state index contributed by atoms with van der Waals surface area (Å²) >= 11 is 0. The van der Waals surface area contributed by atoms with Crippen LogP contribution in [-0.2, 0) is 28.1 Å². The maximum atomic E-state index is 13.0. The number of methoxy groups -OCH3 is 1. The Balaban J connectivity index is 1.91. The van der Waals surface area contributed by atoms with Gasteiger partial charge < -0.3 is 14.7 Å². The van der Waals surface area contributed by atoms with Crippen LogP contribution in [0.15, 0.2) is 42.5 Å². The van der Waals surface area contributed by atoms with E-state index in [1.54, 1.807) is 6.07 Å². The topological polar surface area (TPSA) is 66.8 Å². The first-order valence-corrected chi connectivity index (χ1v) is 9.26. The third-order valence-electron chi connectivity index (χ3n) is 5.23. The maximum absolute atomic E-state index is 13.0. The molecule has 2 aromatic rings. The van der Waals surface area contributed by atoms with E-state index in [4.69, 9.17) is 0 Å². The molecule has 0 spiro atoms. The second-order valence-electron chi connectivity index (χ2n) is 7.22. The van der Waals surface area contributed by atoms with Crippen LogP contribution in [0.5, 0.6) is 0 Å². The molecule has 1 N–H and O–H groups in total. The summed E-state index contributed by atoms with van der Waals surface area (Å²) in [4.78, 5) is 25.5. The van der Waals surface area contributed by atoms with E-state index in [1.165, 1.54) is 24.1 Å². The van der Waals surface area contributed by atoms with E-state index >= 15 is 0 Å². The molecule has 0 saturated carbocycles. The molecule has 0 aromatic heterocycles. The number of anilines is 1. The molecule has 5 nitrogen and oxygen atoms in total. The first kappa shape index (κ1) is 23.6. The van der Waals surface area contributed by atoms with Gasteiger partial charge in [-0.15, -0.1) is 0 Å². The number of fused-ring (bicyclic) bond motifs is 1. The number of alkyl halides is 6. The lowest BCUT2D eigenvalue weighted by Crippen LogP contribution is -2.53. The third-order valence-corrected chi connectivity index (χ3v) is 5.23. The van der Waals surface area contributed by atoms with E-state index < -0.39 is 29.5 Å². The van der Waals surface area contributed by atoms with Crippen LogP contribution in [-0.4, -0.2) is 36.4 Å². The molecule has 32 heavy (non-hydrogen) atoms. The molecule has 0 unspecified atom stereocenters. The van der Waals surface area contributed by atoms with E-state index in [0.29, 0.717) is 29.8 Å². The molecule has 2 aromatic carbocycles. The van der Waals surface area contributed by atoms with Crippen LogP contribution in [0.25, 0.3) is 0 Å². The van der Waals surface area contributed by atoms with E-state index in [2.05, 4.69) is 4.74 Å². The van der Waals surface area contributed by atoms with Crippen molar-refractivity contribution >= 4 is 17.6 Å². The summed E-state index contributed by atoms with van der Waals surface area (Å²) in [6.45, 7) is -0.125. The van der Waals surface area contributed by atoms with Gasteiger partial charge in [-0.2, -0.15) is 26.3 Å². The van der Waals surface area contributed by atoms with Gasteiger partial charge in [0.15, 0.2) is 0 Å². The molecule has 0 bridgehead atoms. The molecule has 1 aliphatic rings. The van der Waals surface area contributed by atoms with Crippen molar-refractivity contribution in [1.29, 1.82) is 0 Å². The van der Waals surface area contributed by atoms with Crippen molar-refractivity contribution in [2.45, 2.75) is 37.3 Å². The van der Waals surface area contributed by atoms with Crippen molar-refractivity contribution in [2.75, 3.05) is 12.0 Å². The number of nitrogens with zero attached hydrogens (tertiary/aromatic N) is 1. The van der Waals surface area contributed by atoms with Gasteiger partial charge in [-0.05, 0) is 35.7 Å². The molecule has 0 saturated heterocycles. The van der Waals surface area contributed by atoms with Crippen LogP contribution in [0.3, 0.4) is 0 Å². The lowest BCUT2D eigenvalue weighted by Gasteiger charge is -2.33. The van der Waals surface area contributed by atoms with Gasteiger partial charge in [0, 0.05) is 17.7 Å². The van der Waals surface area contributed by atoms with Gasteiger partial charge in [-0.25, -0.2) is 4.79 Å². The van der Waals surface area contributed by atoms with E-state index in [1.807, 2.05) is 0 Å². The van der Waals surface area contributed by atoms with Crippen molar-refractivity contribution in [1.82, 2.24) is 0 Å². The highest BCUT2D eigenvalue weighted by Gasteiger charge is 2.71. The minimum Gasteiger partial charge on any atom is -0.465 e.